The molecule has 2 nitrogen and oxygen atoms in total. The van der Waals surface area contributed by atoms with E-state index in [2.05, 4.69) is 18.8 Å². The lowest BCUT2D eigenvalue weighted by molar-refractivity contribution is 0.0589. The molecule has 0 fully saturated rings. The van der Waals surface area contributed by atoms with Crippen molar-refractivity contribution in [2.24, 2.45) is 0 Å². The summed E-state index contributed by atoms with van der Waals surface area (Å²) in [6.45, 7) is 6.66. The average Bonchev–Trinajstić information content (AvgIpc) is 2.10. The SMILES string of the molecule is CC#CCOCCOCCCC. The van der Waals surface area contributed by atoms with Gasteiger partial charge in [0, 0.05) is 6.61 Å². The van der Waals surface area contributed by atoms with Gasteiger partial charge >= 0.3 is 0 Å². The molecule has 0 rings (SSSR count). The number of ether oxygens (including phenoxy) is 2. The molecule has 0 aliphatic rings. The maximum Gasteiger partial charge on any atom is 0.107 e. The lowest BCUT2D eigenvalue weighted by Crippen LogP contribution is -2.05. The van der Waals surface area contributed by atoms with Crippen molar-refractivity contribution in [3.05, 3.63) is 0 Å². The second-order valence-electron chi connectivity index (χ2n) is 2.45. The summed E-state index contributed by atoms with van der Waals surface area (Å²) in [6.07, 6.45) is 2.32. The van der Waals surface area contributed by atoms with Crippen LogP contribution in [0.25, 0.3) is 0 Å². The molecule has 0 aromatic rings. The van der Waals surface area contributed by atoms with Gasteiger partial charge in [-0.25, -0.2) is 0 Å². The molecule has 0 N–H and O–H groups in total. The van der Waals surface area contributed by atoms with Crippen LogP contribution >= 0.6 is 0 Å². The molecule has 0 unspecified atom stereocenters. The Bertz CT molecular complexity index is 133. The molecule has 0 spiro atoms. The van der Waals surface area contributed by atoms with Crippen molar-refractivity contribution in [2.45, 2.75) is 26.7 Å². The fraction of sp³-hybridized carbons (Fsp3) is 0.800. The molecular weight excluding hydrogens is 152 g/mol. The van der Waals surface area contributed by atoms with Gasteiger partial charge in [-0.1, -0.05) is 19.3 Å². The Balaban J connectivity index is 2.84. The summed E-state index contributed by atoms with van der Waals surface area (Å²) in [7, 11) is 0. The third-order valence-electron chi connectivity index (χ3n) is 1.37. The van der Waals surface area contributed by atoms with Gasteiger partial charge in [-0.2, -0.15) is 0 Å². The second kappa shape index (κ2) is 10.5. The Morgan fingerprint density at radius 2 is 1.83 bits per heavy atom. The highest BCUT2D eigenvalue weighted by atomic mass is 16.5. The van der Waals surface area contributed by atoms with E-state index in [1.54, 1.807) is 6.92 Å². The summed E-state index contributed by atoms with van der Waals surface area (Å²) in [5.74, 6) is 5.59. The molecule has 0 aromatic carbocycles. The van der Waals surface area contributed by atoms with E-state index in [9.17, 15) is 0 Å². The molecule has 70 valence electrons. The Labute approximate surface area is 75.3 Å². The van der Waals surface area contributed by atoms with Crippen molar-refractivity contribution in [1.29, 1.82) is 0 Å². The summed E-state index contributed by atoms with van der Waals surface area (Å²) in [4.78, 5) is 0. The van der Waals surface area contributed by atoms with Crippen LogP contribution in [0.4, 0.5) is 0 Å². The molecule has 0 bridgehead atoms. The molecule has 0 radical (unpaired) electrons. The van der Waals surface area contributed by atoms with Crippen LogP contribution in [0.2, 0.25) is 0 Å². The highest BCUT2D eigenvalue weighted by Gasteiger charge is 1.86. The third kappa shape index (κ3) is 9.48. The number of rotatable bonds is 7. The van der Waals surface area contributed by atoms with Gasteiger partial charge in [0.25, 0.3) is 0 Å². The predicted molar refractivity (Wildman–Crippen MR) is 50.0 cm³/mol. The fourth-order valence-corrected chi connectivity index (χ4v) is 0.662. The highest BCUT2D eigenvalue weighted by Crippen LogP contribution is 1.87. The quantitative estimate of drug-likeness (QED) is 0.429. The molecule has 0 atom stereocenters. The van der Waals surface area contributed by atoms with Gasteiger partial charge < -0.3 is 9.47 Å². The van der Waals surface area contributed by atoms with E-state index in [1.807, 2.05) is 0 Å². The first kappa shape index (κ1) is 11.5. The summed E-state index contributed by atoms with van der Waals surface area (Å²) in [6, 6.07) is 0. The minimum absolute atomic E-state index is 0.521. The zero-order valence-electron chi connectivity index (χ0n) is 8.06. The molecule has 0 aliphatic heterocycles. The van der Waals surface area contributed by atoms with Gasteiger partial charge in [-0.3, -0.25) is 0 Å². The topological polar surface area (TPSA) is 18.5 Å². The lowest BCUT2D eigenvalue weighted by Gasteiger charge is -2.01. The van der Waals surface area contributed by atoms with Gasteiger partial charge in [0.2, 0.25) is 0 Å². The summed E-state index contributed by atoms with van der Waals surface area (Å²) < 4.78 is 10.4. The first-order valence-electron chi connectivity index (χ1n) is 4.47. The predicted octanol–water partition coefficient (Wildman–Crippen LogP) is 1.84. The van der Waals surface area contributed by atoms with E-state index in [-0.39, 0.29) is 0 Å². The second-order valence-corrected chi connectivity index (χ2v) is 2.45. The Morgan fingerprint density at radius 3 is 2.50 bits per heavy atom. The number of unbranched alkanes of at least 4 members (excludes halogenated alkanes) is 1. The molecule has 0 aliphatic carbocycles. The van der Waals surface area contributed by atoms with Crippen molar-refractivity contribution < 1.29 is 9.47 Å². The van der Waals surface area contributed by atoms with Crippen LogP contribution in [0.15, 0.2) is 0 Å². The minimum atomic E-state index is 0.521. The van der Waals surface area contributed by atoms with Gasteiger partial charge in [0.05, 0.1) is 13.2 Å². The maximum atomic E-state index is 5.28. The third-order valence-corrected chi connectivity index (χ3v) is 1.37. The van der Waals surface area contributed by atoms with Crippen LogP contribution in [0, 0.1) is 11.8 Å². The molecule has 2 heteroatoms. The normalized spacial score (nSPS) is 9.17. The van der Waals surface area contributed by atoms with E-state index < -0.39 is 0 Å². The largest absolute Gasteiger partial charge is 0.379 e. The first-order valence-corrected chi connectivity index (χ1v) is 4.47. The maximum absolute atomic E-state index is 5.28. The van der Waals surface area contributed by atoms with Gasteiger partial charge in [0.15, 0.2) is 0 Å². The van der Waals surface area contributed by atoms with Crippen molar-refractivity contribution >= 4 is 0 Å². The van der Waals surface area contributed by atoms with Crippen LogP contribution in [0.1, 0.15) is 26.7 Å². The monoisotopic (exact) mass is 170 g/mol. The molecule has 0 saturated heterocycles. The van der Waals surface area contributed by atoms with E-state index in [4.69, 9.17) is 9.47 Å². The van der Waals surface area contributed by atoms with E-state index in [0.29, 0.717) is 19.8 Å². The molecule has 0 amide bonds. The van der Waals surface area contributed by atoms with Gasteiger partial charge in [-0.15, -0.1) is 5.92 Å². The van der Waals surface area contributed by atoms with Gasteiger partial charge in [0.1, 0.15) is 6.61 Å². The molecule has 12 heavy (non-hydrogen) atoms. The van der Waals surface area contributed by atoms with E-state index in [1.165, 1.54) is 6.42 Å². The van der Waals surface area contributed by atoms with Crippen molar-refractivity contribution in [2.75, 3.05) is 26.4 Å². The summed E-state index contributed by atoms with van der Waals surface area (Å²) >= 11 is 0. The number of hydrogen-bond acceptors (Lipinski definition) is 2. The van der Waals surface area contributed by atoms with Crippen LogP contribution in [0.5, 0.6) is 0 Å². The number of hydrogen-bond donors (Lipinski definition) is 0. The summed E-state index contributed by atoms with van der Waals surface area (Å²) in [5.41, 5.74) is 0. The Kier molecular flexibility index (Phi) is 10.0. The molecular formula is C10H18O2. The average molecular weight is 170 g/mol. The highest BCUT2D eigenvalue weighted by molar-refractivity contribution is 4.94. The Hall–Kier alpha value is -0.520. The van der Waals surface area contributed by atoms with Crippen LogP contribution in [0.3, 0.4) is 0 Å². The Morgan fingerprint density at radius 1 is 1.08 bits per heavy atom. The van der Waals surface area contributed by atoms with E-state index in [0.717, 1.165) is 13.0 Å². The van der Waals surface area contributed by atoms with E-state index >= 15 is 0 Å². The fourth-order valence-electron chi connectivity index (χ4n) is 0.662. The van der Waals surface area contributed by atoms with Crippen LogP contribution in [-0.2, 0) is 9.47 Å². The smallest absolute Gasteiger partial charge is 0.107 e. The molecule has 0 saturated carbocycles. The molecule has 0 aromatic heterocycles. The van der Waals surface area contributed by atoms with Crippen LogP contribution < -0.4 is 0 Å². The standard InChI is InChI=1S/C10H18O2/c1-3-5-7-11-9-10-12-8-6-4-2/h3,5,7-10H2,1-2H3. The first-order chi connectivity index (χ1) is 5.91. The van der Waals surface area contributed by atoms with Crippen molar-refractivity contribution in [3.8, 4) is 11.8 Å². The van der Waals surface area contributed by atoms with Gasteiger partial charge in [-0.05, 0) is 13.3 Å². The van der Waals surface area contributed by atoms with Crippen molar-refractivity contribution in [3.63, 3.8) is 0 Å². The van der Waals surface area contributed by atoms with Crippen LogP contribution in [-0.4, -0.2) is 26.4 Å². The lowest BCUT2D eigenvalue weighted by atomic mass is 10.4. The minimum Gasteiger partial charge on any atom is -0.379 e. The summed E-state index contributed by atoms with van der Waals surface area (Å²) in [5, 5.41) is 0. The zero-order valence-corrected chi connectivity index (χ0v) is 8.06. The zero-order chi connectivity index (χ0) is 9.07. The van der Waals surface area contributed by atoms with Crippen molar-refractivity contribution in [1.82, 2.24) is 0 Å². The molecule has 0 heterocycles.